The second kappa shape index (κ2) is 4.53. The molecule has 0 spiro atoms. The third-order valence-corrected chi connectivity index (χ3v) is 2.75. The van der Waals surface area contributed by atoms with E-state index in [1.54, 1.807) is 24.7 Å². The van der Waals surface area contributed by atoms with Crippen LogP contribution in [0.1, 0.15) is 42.7 Å². The highest BCUT2D eigenvalue weighted by Crippen LogP contribution is 2.23. The number of hydrogen-bond acceptors (Lipinski definition) is 4. The van der Waals surface area contributed by atoms with E-state index < -0.39 is 0 Å². The van der Waals surface area contributed by atoms with Crippen LogP contribution in [-0.4, -0.2) is 20.8 Å². The molecule has 2 aromatic rings. The SMILES string of the molecule is Cc1cc(C(=O)Nc2cc(C(C)(C)C)nn2C)no1. The monoisotopic (exact) mass is 262 g/mol. The highest BCUT2D eigenvalue weighted by molar-refractivity contribution is 6.02. The summed E-state index contributed by atoms with van der Waals surface area (Å²) < 4.78 is 6.52. The van der Waals surface area contributed by atoms with Crippen LogP contribution >= 0.6 is 0 Å². The van der Waals surface area contributed by atoms with Crippen LogP contribution in [0.4, 0.5) is 5.82 Å². The second-order valence-electron chi connectivity index (χ2n) is 5.57. The first-order valence-electron chi connectivity index (χ1n) is 6.06. The third-order valence-electron chi connectivity index (χ3n) is 2.75. The normalized spacial score (nSPS) is 11.6. The Bertz CT molecular complexity index is 604. The van der Waals surface area contributed by atoms with Crippen LogP contribution in [-0.2, 0) is 12.5 Å². The molecular weight excluding hydrogens is 244 g/mol. The predicted octanol–water partition coefficient (Wildman–Crippen LogP) is 2.27. The van der Waals surface area contributed by atoms with Crippen LogP contribution in [0.25, 0.3) is 0 Å². The second-order valence-corrected chi connectivity index (χ2v) is 5.57. The maximum atomic E-state index is 12.0. The molecule has 0 aromatic carbocycles. The lowest BCUT2D eigenvalue weighted by atomic mass is 9.92. The summed E-state index contributed by atoms with van der Waals surface area (Å²) >= 11 is 0. The number of nitrogens with one attached hydrogen (secondary N) is 1. The predicted molar refractivity (Wildman–Crippen MR) is 71.1 cm³/mol. The Hall–Kier alpha value is -2.11. The summed E-state index contributed by atoms with van der Waals surface area (Å²) in [6.45, 7) is 7.96. The molecule has 0 bridgehead atoms. The van der Waals surface area contributed by atoms with Crippen LogP contribution in [0.15, 0.2) is 16.7 Å². The molecule has 0 saturated heterocycles. The molecule has 0 saturated carbocycles. The van der Waals surface area contributed by atoms with Gasteiger partial charge in [0.25, 0.3) is 5.91 Å². The van der Waals surface area contributed by atoms with Crippen molar-refractivity contribution in [3.05, 3.63) is 29.3 Å². The molecule has 0 aliphatic heterocycles. The lowest BCUT2D eigenvalue weighted by molar-refractivity contribution is 0.101. The van der Waals surface area contributed by atoms with Gasteiger partial charge in [0.1, 0.15) is 11.6 Å². The lowest BCUT2D eigenvalue weighted by Crippen LogP contribution is -2.14. The topological polar surface area (TPSA) is 73.0 Å². The van der Waals surface area contributed by atoms with Crippen molar-refractivity contribution >= 4 is 11.7 Å². The highest BCUT2D eigenvalue weighted by atomic mass is 16.5. The van der Waals surface area contributed by atoms with E-state index in [4.69, 9.17) is 4.52 Å². The third kappa shape index (κ3) is 2.83. The number of carbonyl (C=O) groups excluding carboxylic acids is 1. The summed E-state index contributed by atoms with van der Waals surface area (Å²) in [4.78, 5) is 12.0. The van der Waals surface area contributed by atoms with Crippen molar-refractivity contribution in [1.29, 1.82) is 0 Å². The van der Waals surface area contributed by atoms with Gasteiger partial charge in [0, 0.05) is 24.6 Å². The summed E-state index contributed by atoms with van der Waals surface area (Å²) in [5, 5.41) is 10.8. The first kappa shape index (κ1) is 13.3. The van der Waals surface area contributed by atoms with Crippen molar-refractivity contribution in [3.8, 4) is 0 Å². The van der Waals surface area contributed by atoms with Crippen molar-refractivity contribution in [2.24, 2.45) is 7.05 Å². The molecule has 0 radical (unpaired) electrons. The van der Waals surface area contributed by atoms with Gasteiger partial charge in [0.2, 0.25) is 0 Å². The minimum Gasteiger partial charge on any atom is -0.361 e. The van der Waals surface area contributed by atoms with E-state index in [1.165, 1.54) is 0 Å². The zero-order chi connectivity index (χ0) is 14.2. The van der Waals surface area contributed by atoms with E-state index in [1.807, 2.05) is 6.07 Å². The lowest BCUT2D eigenvalue weighted by Gasteiger charge is -2.13. The first-order chi connectivity index (χ1) is 8.77. The molecule has 0 atom stereocenters. The minimum absolute atomic E-state index is 0.0643. The minimum atomic E-state index is -0.305. The van der Waals surface area contributed by atoms with Gasteiger partial charge in [0.05, 0.1) is 5.69 Å². The molecule has 102 valence electrons. The van der Waals surface area contributed by atoms with Gasteiger partial charge < -0.3 is 9.84 Å². The molecule has 1 amide bonds. The summed E-state index contributed by atoms with van der Waals surface area (Å²) in [7, 11) is 1.79. The molecule has 0 aliphatic carbocycles. The van der Waals surface area contributed by atoms with Gasteiger partial charge in [0.15, 0.2) is 5.69 Å². The standard InChI is InChI=1S/C13H18N4O2/c1-8-6-9(16-19-8)12(18)14-11-7-10(13(2,3)4)15-17(11)5/h6-7H,1-5H3,(H,14,18). The van der Waals surface area contributed by atoms with Gasteiger partial charge in [-0.2, -0.15) is 5.10 Å². The van der Waals surface area contributed by atoms with Crippen molar-refractivity contribution in [1.82, 2.24) is 14.9 Å². The average Bonchev–Trinajstić information content (AvgIpc) is 2.85. The largest absolute Gasteiger partial charge is 0.361 e. The summed E-state index contributed by atoms with van der Waals surface area (Å²) in [5.74, 6) is 0.932. The van der Waals surface area contributed by atoms with Gasteiger partial charge in [-0.1, -0.05) is 25.9 Å². The van der Waals surface area contributed by atoms with E-state index in [0.29, 0.717) is 11.6 Å². The Morgan fingerprint density at radius 1 is 1.37 bits per heavy atom. The fourth-order valence-corrected chi connectivity index (χ4v) is 1.60. The molecule has 0 fully saturated rings. The van der Waals surface area contributed by atoms with Gasteiger partial charge in [-0.3, -0.25) is 9.48 Å². The quantitative estimate of drug-likeness (QED) is 0.901. The summed E-state index contributed by atoms with van der Waals surface area (Å²) in [6, 6.07) is 3.46. The van der Waals surface area contributed by atoms with Crippen LogP contribution in [0.5, 0.6) is 0 Å². The number of aryl methyl sites for hydroxylation is 2. The molecule has 0 aliphatic rings. The number of anilines is 1. The van der Waals surface area contributed by atoms with Crippen molar-refractivity contribution in [2.45, 2.75) is 33.1 Å². The van der Waals surface area contributed by atoms with Gasteiger partial charge >= 0.3 is 0 Å². The molecule has 2 rings (SSSR count). The Morgan fingerprint density at radius 2 is 2.05 bits per heavy atom. The summed E-state index contributed by atoms with van der Waals surface area (Å²) in [5.41, 5.74) is 1.11. The first-order valence-corrected chi connectivity index (χ1v) is 6.06. The summed E-state index contributed by atoms with van der Waals surface area (Å²) in [6.07, 6.45) is 0. The molecule has 1 N–H and O–H groups in total. The zero-order valence-electron chi connectivity index (χ0n) is 11.8. The Kier molecular flexibility index (Phi) is 3.18. The van der Waals surface area contributed by atoms with Gasteiger partial charge in [-0.05, 0) is 6.92 Å². The molecule has 2 aromatic heterocycles. The average molecular weight is 262 g/mol. The van der Waals surface area contributed by atoms with Crippen molar-refractivity contribution in [2.75, 3.05) is 5.32 Å². The maximum absolute atomic E-state index is 12.0. The molecule has 6 heteroatoms. The smallest absolute Gasteiger partial charge is 0.278 e. The van der Waals surface area contributed by atoms with Gasteiger partial charge in [-0.15, -0.1) is 0 Å². The van der Waals surface area contributed by atoms with Crippen molar-refractivity contribution in [3.63, 3.8) is 0 Å². The van der Waals surface area contributed by atoms with Gasteiger partial charge in [-0.25, -0.2) is 0 Å². The number of carbonyl (C=O) groups is 1. The van der Waals surface area contributed by atoms with E-state index in [0.717, 1.165) is 5.69 Å². The number of rotatable bonds is 2. The molecule has 2 heterocycles. The maximum Gasteiger partial charge on any atom is 0.278 e. The number of amides is 1. The Labute approximate surface area is 111 Å². The fourth-order valence-electron chi connectivity index (χ4n) is 1.60. The number of aromatic nitrogens is 3. The number of hydrogen-bond donors (Lipinski definition) is 1. The molecular formula is C13H18N4O2. The number of nitrogens with zero attached hydrogens (tertiary/aromatic N) is 3. The molecule has 19 heavy (non-hydrogen) atoms. The van der Waals surface area contributed by atoms with Crippen molar-refractivity contribution < 1.29 is 9.32 Å². The fraction of sp³-hybridized carbons (Fsp3) is 0.462. The molecule has 6 nitrogen and oxygen atoms in total. The molecule has 0 unspecified atom stereocenters. The van der Waals surface area contributed by atoms with Crippen LogP contribution in [0.2, 0.25) is 0 Å². The Morgan fingerprint density at radius 3 is 2.53 bits per heavy atom. The van der Waals surface area contributed by atoms with Crippen LogP contribution < -0.4 is 5.32 Å². The van der Waals surface area contributed by atoms with E-state index in [2.05, 4.69) is 36.3 Å². The Balaban J connectivity index is 2.20. The van der Waals surface area contributed by atoms with Crippen LogP contribution in [0.3, 0.4) is 0 Å². The van der Waals surface area contributed by atoms with E-state index >= 15 is 0 Å². The van der Waals surface area contributed by atoms with Crippen LogP contribution in [0, 0.1) is 6.92 Å². The van der Waals surface area contributed by atoms with E-state index in [-0.39, 0.29) is 17.0 Å². The zero-order valence-corrected chi connectivity index (χ0v) is 11.8. The highest BCUT2D eigenvalue weighted by Gasteiger charge is 2.20. The van der Waals surface area contributed by atoms with E-state index in [9.17, 15) is 4.79 Å².